The molecule has 0 radical (unpaired) electrons. The molecule has 0 aliphatic carbocycles. The van der Waals surface area contributed by atoms with Crippen molar-refractivity contribution in [1.82, 2.24) is 19.4 Å². The molecule has 2 aliphatic rings. The summed E-state index contributed by atoms with van der Waals surface area (Å²) in [7, 11) is -3.26. The molecule has 2 rings (SSSR count). The Labute approximate surface area is 200 Å². The minimum absolute atomic E-state index is 0. The third-order valence-electron chi connectivity index (χ3n) is 5.44. The molecule has 2 heterocycles. The Morgan fingerprint density at radius 3 is 2.23 bits per heavy atom. The lowest BCUT2D eigenvalue weighted by Gasteiger charge is -2.36. The second-order valence-electron chi connectivity index (χ2n) is 8.11. The highest BCUT2D eigenvalue weighted by Gasteiger charge is 2.28. The van der Waals surface area contributed by atoms with Gasteiger partial charge in [0.15, 0.2) is 5.96 Å². The van der Waals surface area contributed by atoms with Gasteiger partial charge in [0.25, 0.3) is 0 Å². The Morgan fingerprint density at radius 1 is 1.03 bits per heavy atom. The van der Waals surface area contributed by atoms with Gasteiger partial charge >= 0.3 is 0 Å². The van der Waals surface area contributed by atoms with Gasteiger partial charge in [0.05, 0.1) is 25.0 Å². The molecule has 0 spiro atoms. The largest absolute Gasteiger partial charge is 0.378 e. The van der Waals surface area contributed by atoms with Gasteiger partial charge in [-0.1, -0.05) is 12.8 Å². The molecule has 0 amide bonds. The highest BCUT2D eigenvalue weighted by Crippen LogP contribution is 2.10. The number of hydrogen-bond donors (Lipinski definition) is 1. The third-order valence-corrected chi connectivity index (χ3v) is 7.27. The molecule has 30 heavy (non-hydrogen) atoms. The van der Waals surface area contributed by atoms with Crippen molar-refractivity contribution in [3.05, 3.63) is 0 Å². The van der Waals surface area contributed by atoms with Gasteiger partial charge in [-0.2, -0.15) is 4.31 Å². The molecule has 2 aliphatic heterocycles. The zero-order valence-electron chi connectivity index (χ0n) is 19.0. The van der Waals surface area contributed by atoms with Crippen LogP contribution in [0.25, 0.3) is 0 Å². The lowest BCUT2D eigenvalue weighted by Crippen LogP contribution is -2.54. The van der Waals surface area contributed by atoms with Crippen molar-refractivity contribution in [1.29, 1.82) is 0 Å². The number of nitrogens with one attached hydrogen (secondary N) is 1. The van der Waals surface area contributed by atoms with Crippen LogP contribution in [0.4, 0.5) is 0 Å². The molecule has 0 bridgehead atoms. The minimum atomic E-state index is -3.26. The van der Waals surface area contributed by atoms with Crippen molar-refractivity contribution in [3.63, 3.8) is 0 Å². The van der Waals surface area contributed by atoms with Crippen molar-refractivity contribution in [2.45, 2.75) is 52.6 Å². The van der Waals surface area contributed by atoms with E-state index in [1.54, 1.807) is 4.31 Å². The van der Waals surface area contributed by atoms with Crippen LogP contribution in [0.3, 0.4) is 0 Å². The second kappa shape index (κ2) is 14.8. The van der Waals surface area contributed by atoms with Crippen molar-refractivity contribution >= 4 is 40.0 Å². The summed E-state index contributed by atoms with van der Waals surface area (Å²) in [4.78, 5) is 9.52. The quantitative estimate of drug-likeness (QED) is 0.264. The van der Waals surface area contributed by atoms with Gasteiger partial charge in [-0.25, -0.2) is 8.42 Å². The Kier molecular flexibility index (Phi) is 13.8. The van der Waals surface area contributed by atoms with Gasteiger partial charge < -0.3 is 19.9 Å². The van der Waals surface area contributed by atoms with Crippen LogP contribution in [0.15, 0.2) is 4.99 Å². The topological polar surface area (TPSA) is 77.5 Å². The van der Waals surface area contributed by atoms with Crippen molar-refractivity contribution in [2.24, 2.45) is 4.99 Å². The normalized spacial score (nSPS) is 20.1. The lowest BCUT2D eigenvalue weighted by molar-refractivity contribution is 0.0904. The maximum atomic E-state index is 12.5. The molecule has 178 valence electrons. The number of aliphatic imine (C=N–C) groups is 1. The zero-order chi connectivity index (χ0) is 21.1. The van der Waals surface area contributed by atoms with Gasteiger partial charge in [0, 0.05) is 39.3 Å². The molecule has 1 N–H and O–H groups in total. The van der Waals surface area contributed by atoms with E-state index in [9.17, 15) is 8.42 Å². The third kappa shape index (κ3) is 9.97. The van der Waals surface area contributed by atoms with Crippen molar-refractivity contribution in [3.8, 4) is 0 Å². The highest BCUT2D eigenvalue weighted by molar-refractivity contribution is 14.0. The maximum Gasteiger partial charge on any atom is 0.216 e. The van der Waals surface area contributed by atoms with Gasteiger partial charge in [-0.05, 0) is 46.7 Å². The number of piperazine rings is 1. The number of nitrogens with zero attached hydrogens (tertiary/aromatic N) is 4. The van der Waals surface area contributed by atoms with E-state index in [0.717, 1.165) is 25.6 Å². The Morgan fingerprint density at radius 2 is 1.67 bits per heavy atom. The second-order valence-corrected chi connectivity index (χ2v) is 10.2. The predicted molar refractivity (Wildman–Crippen MR) is 134 cm³/mol. The smallest absolute Gasteiger partial charge is 0.216 e. The molecule has 0 atom stereocenters. The van der Waals surface area contributed by atoms with Crippen LogP contribution in [-0.4, -0.2) is 106 Å². The van der Waals surface area contributed by atoms with Crippen LogP contribution in [0.5, 0.6) is 0 Å². The number of ether oxygens (including phenoxy) is 1. The Hall–Kier alpha value is -0.170. The van der Waals surface area contributed by atoms with E-state index >= 15 is 0 Å². The fourth-order valence-electron chi connectivity index (χ4n) is 3.78. The summed E-state index contributed by atoms with van der Waals surface area (Å²) < 4.78 is 32.0. The Balaban J connectivity index is 0.00000450. The van der Waals surface area contributed by atoms with E-state index in [2.05, 4.69) is 22.0 Å². The molecule has 2 fully saturated rings. The highest BCUT2D eigenvalue weighted by atomic mass is 127. The summed E-state index contributed by atoms with van der Waals surface area (Å²) >= 11 is 0. The Bertz CT molecular complexity index is 587. The molecular formula is C20H42IN5O3S. The summed E-state index contributed by atoms with van der Waals surface area (Å²) in [5, 5.41) is 3.37. The average Bonchev–Trinajstić information content (AvgIpc) is 2.96. The zero-order valence-corrected chi connectivity index (χ0v) is 22.2. The molecular weight excluding hydrogens is 517 g/mol. The van der Waals surface area contributed by atoms with E-state index in [0.29, 0.717) is 26.2 Å². The average molecular weight is 560 g/mol. The summed E-state index contributed by atoms with van der Waals surface area (Å²) in [6.07, 6.45) is 5.33. The van der Waals surface area contributed by atoms with Crippen molar-refractivity contribution in [2.75, 3.05) is 71.3 Å². The monoisotopic (exact) mass is 559 g/mol. The van der Waals surface area contributed by atoms with Crippen LogP contribution in [0.1, 0.15) is 46.5 Å². The molecule has 0 unspecified atom stereocenters. The maximum absolute atomic E-state index is 12.5. The van der Waals surface area contributed by atoms with E-state index in [-0.39, 0.29) is 42.4 Å². The van der Waals surface area contributed by atoms with Crippen LogP contribution in [0.2, 0.25) is 0 Å². The van der Waals surface area contributed by atoms with Gasteiger partial charge in [0.2, 0.25) is 10.0 Å². The summed E-state index contributed by atoms with van der Waals surface area (Å²) in [5.74, 6) is 0.956. The first kappa shape index (κ1) is 27.9. The van der Waals surface area contributed by atoms with Gasteiger partial charge in [-0.15, -0.1) is 24.0 Å². The summed E-state index contributed by atoms with van der Waals surface area (Å²) in [6, 6.07) is 0. The van der Waals surface area contributed by atoms with Crippen LogP contribution < -0.4 is 5.32 Å². The molecule has 0 aromatic rings. The summed E-state index contributed by atoms with van der Waals surface area (Å²) in [5.41, 5.74) is 0. The number of likely N-dealkylation sites (tertiary alicyclic amines) is 1. The fraction of sp³-hybridized carbons (Fsp3) is 0.950. The SMILES string of the molecule is CCNC(=NCCN1CCCCCC1)N1CCN(S(=O)(=O)CCOC(C)C)CC1.I. The number of guanidine groups is 1. The van der Waals surface area contributed by atoms with Crippen LogP contribution >= 0.6 is 24.0 Å². The number of rotatable bonds is 9. The molecule has 10 heteroatoms. The van der Waals surface area contributed by atoms with Crippen LogP contribution in [-0.2, 0) is 14.8 Å². The number of halogens is 1. The van der Waals surface area contributed by atoms with E-state index in [1.807, 2.05) is 13.8 Å². The first-order valence-corrected chi connectivity index (χ1v) is 12.9. The van der Waals surface area contributed by atoms with Gasteiger partial charge in [-0.3, -0.25) is 4.99 Å². The molecule has 8 nitrogen and oxygen atoms in total. The number of sulfonamides is 1. The predicted octanol–water partition coefficient (Wildman–Crippen LogP) is 1.82. The first-order chi connectivity index (χ1) is 13.9. The molecule has 0 saturated carbocycles. The molecule has 0 aromatic carbocycles. The van der Waals surface area contributed by atoms with Crippen LogP contribution in [0, 0.1) is 0 Å². The van der Waals surface area contributed by atoms with E-state index < -0.39 is 10.0 Å². The lowest BCUT2D eigenvalue weighted by atomic mass is 10.2. The molecule has 2 saturated heterocycles. The summed E-state index contributed by atoms with van der Waals surface area (Å²) in [6.45, 7) is 13.5. The standard InChI is InChI=1S/C20H41N5O3S.HI/c1-4-21-20(22-9-12-23-10-7-5-6-8-11-23)24-13-15-25(16-14-24)29(26,27)18-17-28-19(2)3;/h19H,4-18H2,1-3H3,(H,21,22);1H. The van der Waals surface area contributed by atoms with E-state index in [1.165, 1.54) is 38.8 Å². The molecule has 0 aromatic heterocycles. The minimum Gasteiger partial charge on any atom is -0.378 e. The van der Waals surface area contributed by atoms with E-state index in [4.69, 9.17) is 9.73 Å². The first-order valence-electron chi connectivity index (χ1n) is 11.3. The van der Waals surface area contributed by atoms with Crippen molar-refractivity contribution < 1.29 is 13.2 Å². The fourth-order valence-corrected chi connectivity index (χ4v) is 5.06. The van der Waals surface area contributed by atoms with Gasteiger partial charge in [0.1, 0.15) is 0 Å². The number of hydrogen-bond acceptors (Lipinski definition) is 5.